The van der Waals surface area contributed by atoms with Crippen LogP contribution in [-0.4, -0.2) is 16.1 Å². The van der Waals surface area contributed by atoms with Gasteiger partial charge in [0.15, 0.2) is 0 Å². The zero-order valence-electron chi connectivity index (χ0n) is 13.1. The van der Waals surface area contributed by atoms with E-state index in [1.54, 1.807) is 18.2 Å². The molecule has 0 spiro atoms. The lowest BCUT2D eigenvalue weighted by Crippen LogP contribution is -2.09. The van der Waals surface area contributed by atoms with Gasteiger partial charge in [0.05, 0.1) is 6.26 Å². The van der Waals surface area contributed by atoms with Crippen molar-refractivity contribution in [3.8, 4) is 6.07 Å². The smallest absolute Gasteiger partial charge is 0.249 e. The van der Waals surface area contributed by atoms with Crippen molar-refractivity contribution >= 4 is 29.6 Å². The molecule has 2 aromatic heterocycles. The number of benzene rings is 1. The average molecular weight is 350 g/mol. The number of H-pyrrole nitrogens is 1. The summed E-state index contributed by atoms with van der Waals surface area (Å²) < 4.78 is 5.11. The van der Waals surface area contributed by atoms with Crippen LogP contribution in [0.2, 0.25) is 0 Å². The molecule has 0 saturated carbocycles. The fourth-order valence-corrected chi connectivity index (χ4v) is 2.96. The van der Waals surface area contributed by atoms with Gasteiger partial charge in [0.1, 0.15) is 28.2 Å². The summed E-state index contributed by atoms with van der Waals surface area (Å²) in [5.74, 6) is 1.16. The Kier molecular flexibility index (Phi) is 5.34. The molecule has 0 fully saturated rings. The van der Waals surface area contributed by atoms with Crippen molar-refractivity contribution in [2.24, 2.45) is 0 Å². The van der Waals surface area contributed by atoms with Crippen LogP contribution < -0.4 is 5.32 Å². The van der Waals surface area contributed by atoms with Crippen LogP contribution in [0.4, 0.5) is 5.82 Å². The van der Waals surface area contributed by atoms with Gasteiger partial charge in [-0.1, -0.05) is 42.1 Å². The van der Waals surface area contributed by atoms with Gasteiger partial charge in [0.2, 0.25) is 5.91 Å². The number of aromatic nitrogens is 2. The monoisotopic (exact) mass is 350 g/mol. The van der Waals surface area contributed by atoms with Crippen LogP contribution in [0.1, 0.15) is 16.9 Å². The van der Waals surface area contributed by atoms with Crippen LogP contribution in [0.25, 0.3) is 6.08 Å². The molecule has 1 aromatic carbocycles. The Bertz CT molecular complexity index is 908. The molecule has 3 aromatic rings. The first kappa shape index (κ1) is 16.6. The van der Waals surface area contributed by atoms with Gasteiger partial charge in [-0.2, -0.15) is 10.4 Å². The largest absolute Gasteiger partial charge is 0.465 e. The van der Waals surface area contributed by atoms with Crippen LogP contribution in [0, 0.1) is 11.3 Å². The SMILES string of the molecule is N#Cc1c(SCc2ccccc2)n[nH]c1NC(=O)C=Cc1ccco1. The van der Waals surface area contributed by atoms with Gasteiger partial charge in [-0.05, 0) is 23.8 Å². The summed E-state index contributed by atoms with van der Waals surface area (Å²) in [6, 6.07) is 15.4. The van der Waals surface area contributed by atoms with Gasteiger partial charge in [-0.25, -0.2) is 0 Å². The number of amides is 1. The number of aromatic amines is 1. The lowest BCUT2D eigenvalue weighted by molar-refractivity contribution is -0.111. The predicted octanol–water partition coefficient (Wildman–Crippen LogP) is 3.82. The number of nitrogens with one attached hydrogen (secondary N) is 2. The Hall–Kier alpha value is -3.24. The summed E-state index contributed by atoms with van der Waals surface area (Å²) in [7, 11) is 0. The van der Waals surface area contributed by atoms with E-state index >= 15 is 0 Å². The molecule has 0 aliphatic heterocycles. The number of anilines is 1. The summed E-state index contributed by atoms with van der Waals surface area (Å²) in [6.07, 6.45) is 4.40. The van der Waals surface area contributed by atoms with E-state index in [9.17, 15) is 10.1 Å². The number of furan rings is 1. The summed E-state index contributed by atoms with van der Waals surface area (Å²) >= 11 is 1.43. The third kappa shape index (κ3) is 4.40. The lowest BCUT2D eigenvalue weighted by atomic mass is 10.2. The zero-order valence-corrected chi connectivity index (χ0v) is 13.9. The first-order valence-electron chi connectivity index (χ1n) is 7.44. The number of rotatable bonds is 6. The summed E-state index contributed by atoms with van der Waals surface area (Å²) in [4.78, 5) is 12.0. The van der Waals surface area contributed by atoms with Crippen molar-refractivity contribution in [1.29, 1.82) is 5.26 Å². The van der Waals surface area contributed by atoms with E-state index in [1.165, 1.54) is 24.1 Å². The quantitative estimate of drug-likeness (QED) is 0.520. The second-order valence-corrected chi connectivity index (χ2v) is 5.97. The van der Waals surface area contributed by atoms with Gasteiger partial charge < -0.3 is 9.73 Å². The predicted molar refractivity (Wildman–Crippen MR) is 95.7 cm³/mol. The standard InChI is InChI=1S/C18H14N4O2S/c19-11-15-17(20-16(23)9-8-14-7-4-10-24-14)21-22-18(15)25-12-13-5-2-1-3-6-13/h1-10H,12H2,(H2,20,21,22,23). The Balaban J connectivity index is 1.65. The maximum atomic E-state index is 12.0. The van der Waals surface area contributed by atoms with Crippen molar-refractivity contribution in [3.63, 3.8) is 0 Å². The Morgan fingerprint density at radius 3 is 2.88 bits per heavy atom. The molecule has 0 unspecified atom stereocenters. The molecule has 25 heavy (non-hydrogen) atoms. The van der Waals surface area contributed by atoms with E-state index in [-0.39, 0.29) is 11.7 Å². The molecule has 3 rings (SSSR count). The first-order valence-corrected chi connectivity index (χ1v) is 8.42. The molecule has 6 nitrogen and oxygen atoms in total. The Labute approximate surface area is 148 Å². The second kappa shape index (κ2) is 8.04. The third-order valence-electron chi connectivity index (χ3n) is 3.25. The van der Waals surface area contributed by atoms with Crippen molar-refractivity contribution in [2.75, 3.05) is 5.32 Å². The highest BCUT2D eigenvalue weighted by atomic mass is 32.2. The van der Waals surface area contributed by atoms with E-state index in [1.807, 2.05) is 30.3 Å². The topological polar surface area (TPSA) is 94.7 Å². The fourth-order valence-electron chi connectivity index (χ4n) is 2.06. The van der Waals surface area contributed by atoms with E-state index in [2.05, 4.69) is 21.6 Å². The molecule has 0 bridgehead atoms. The van der Waals surface area contributed by atoms with E-state index in [4.69, 9.17) is 4.42 Å². The average Bonchev–Trinajstić information content (AvgIpc) is 3.28. The molecule has 1 amide bonds. The Morgan fingerprint density at radius 1 is 1.32 bits per heavy atom. The van der Waals surface area contributed by atoms with Gasteiger partial charge >= 0.3 is 0 Å². The number of hydrogen-bond acceptors (Lipinski definition) is 5. The van der Waals surface area contributed by atoms with Crippen molar-refractivity contribution in [1.82, 2.24) is 10.2 Å². The van der Waals surface area contributed by atoms with Crippen LogP contribution in [0.15, 0.2) is 64.2 Å². The minimum atomic E-state index is -0.379. The molecule has 0 aliphatic carbocycles. The fraction of sp³-hybridized carbons (Fsp3) is 0.0556. The number of carbonyl (C=O) groups excluding carboxylic acids is 1. The highest BCUT2D eigenvalue weighted by Gasteiger charge is 2.15. The van der Waals surface area contributed by atoms with Crippen LogP contribution in [0.5, 0.6) is 0 Å². The van der Waals surface area contributed by atoms with Crippen LogP contribution in [0.3, 0.4) is 0 Å². The maximum absolute atomic E-state index is 12.0. The minimum Gasteiger partial charge on any atom is -0.465 e. The van der Waals surface area contributed by atoms with Crippen molar-refractivity contribution < 1.29 is 9.21 Å². The molecule has 2 N–H and O–H groups in total. The Morgan fingerprint density at radius 2 is 2.16 bits per heavy atom. The normalized spacial score (nSPS) is 10.7. The molecule has 124 valence electrons. The molecule has 7 heteroatoms. The van der Waals surface area contributed by atoms with Gasteiger partial charge in [-0.15, -0.1) is 0 Å². The first-order chi connectivity index (χ1) is 12.3. The van der Waals surface area contributed by atoms with Crippen LogP contribution >= 0.6 is 11.8 Å². The van der Waals surface area contributed by atoms with E-state index < -0.39 is 0 Å². The van der Waals surface area contributed by atoms with Gasteiger partial charge in [-0.3, -0.25) is 9.89 Å². The molecular formula is C18H14N4O2S. The summed E-state index contributed by atoms with van der Waals surface area (Å²) in [5, 5.41) is 19.4. The lowest BCUT2D eigenvalue weighted by Gasteiger charge is -2.00. The summed E-state index contributed by atoms with van der Waals surface area (Å²) in [5.41, 5.74) is 1.45. The number of nitriles is 1. The molecule has 0 aliphatic rings. The molecule has 0 radical (unpaired) electrons. The number of carbonyl (C=O) groups is 1. The highest BCUT2D eigenvalue weighted by molar-refractivity contribution is 7.98. The third-order valence-corrected chi connectivity index (χ3v) is 4.30. The van der Waals surface area contributed by atoms with E-state index in [0.29, 0.717) is 22.1 Å². The molecule has 0 saturated heterocycles. The van der Waals surface area contributed by atoms with Gasteiger partial charge in [0.25, 0.3) is 0 Å². The molecular weight excluding hydrogens is 336 g/mol. The molecule has 0 atom stereocenters. The maximum Gasteiger partial charge on any atom is 0.249 e. The number of thioether (sulfide) groups is 1. The van der Waals surface area contributed by atoms with Crippen molar-refractivity contribution in [2.45, 2.75) is 10.8 Å². The minimum absolute atomic E-state index is 0.284. The van der Waals surface area contributed by atoms with Crippen molar-refractivity contribution in [3.05, 3.63) is 71.7 Å². The number of hydrogen-bond donors (Lipinski definition) is 2. The molecule has 2 heterocycles. The van der Waals surface area contributed by atoms with E-state index in [0.717, 1.165) is 5.56 Å². The highest BCUT2D eigenvalue weighted by Crippen LogP contribution is 2.28. The zero-order chi connectivity index (χ0) is 17.5. The summed E-state index contributed by atoms with van der Waals surface area (Å²) in [6.45, 7) is 0. The van der Waals surface area contributed by atoms with Crippen LogP contribution in [-0.2, 0) is 10.5 Å². The second-order valence-electron chi connectivity index (χ2n) is 5.00. The number of nitrogens with zero attached hydrogens (tertiary/aromatic N) is 2. The van der Waals surface area contributed by atoms with Gasteiger partial charge in [0, 0.05) is 11.8 Å².